The van der Waals surface area contributed by atoms with Crippen molar-refractivity contribution in [2.24, 2.45) is 0 Å². The van der Waals surface area contributed by atoms with Gasteiger partial charge in [-0.1, -0.05) is 0 Å². The second-order valence-electron chi connectivity index (χ2n) is 9.38. The minimum Gasteiger partial charge on any atom is -0.376 e. The van der Waals surface area contributed by atoms with E-state index in [1.165, 1.54) is 0 Å². The van der Waals surface area contributed by atoms with Crippen LogP contribution in [0.2, 0.25) is 0 Å². The molecule has 1 fully saturated rings. The van der Waals surface area contributed by atoms with Crippen LogP contribution in [0.15, 0.2) is 47.5 Å². The first-order valence-electron chi connectivity index (χ1n) is 11.8. The van der Waals surface area contributed by atoms with Gasteiger partial charge in [-0.05, 0) is 48.4 Å². The van der Waals surface area contributed by atoms with Gasteiger partial charge in [0.1, 0.15) is 5.52 Å². The first kappa shape index (κ1) is 22.9. The number of hydrogen-bond acceptors (Lipinski definition) is 6. The first-order chi connectivity index (χ1) is 16.8. The predicted molar refractivity (Wildman–Crippen MR) is 140 cm³/mol. The van der Waals surface area contributed by atoms with Gasteiger partial charge < -0.3 is 20.1 Å². The van der Waals surface area contributed by atoms with E-state index in [1.54, 1.807) is 11.4 Å². The average molecular weight is 474 g/mol. The molecule has 182 valence electrons. The number of H-pyrrole nitrogens is 1. The van der Waals surface area contributed by atoms with E-state index in [1.807, 2.05) is 63.7 Å². The van der Waals surface area contributed by atoms with Gasteiger partial charge in [-0.15, -0.1) is 0 Å². The maximum Gasteiger partial charge on any atom is 0.330 e. The molecule has 0 saturated carbocycles. The topological polar surface area (TPSA) is 89.0 Å². The van der Waals surface area contributed by atoms with Crippen LogP contribution in [0.3, 0.4) is 0 Å². The third kappa shape index (κ3) is 4.35. The second-order valence-corrected chi connectivity index (χ2v) is 9.38. The first-order valence-corrected chi connectivity index (χ1v) is 11.8. The molecule has 4 aromatic rings. The van der Waals surface area contributed by atoms with Crippen molar-refractivity contribution in [3.05, 3.63) is 69.9 Å². The Balaban J connectivity index is 1.31. The van der Waals surface area contributed by atoms with Gasteiger partial charge in [0, 0.05) is 71.8 Å². The van der Waals surface area contributed by atoms with E-state index in [9.17, 15) is 9.59 Å². The highest BCUT2D eigenvalue weighted by Crippen LogP contribution is 2.30. The molecule has 1 amide bonds. The number of aromatic amines is 1. The van der Waals surface area contributed by atoms with E-state index in [0.29, 0.717) is 5.56 Å². The highest BCUT2D eigenvalue weighted by Gasteiger charge is 2.21. The Morgan fingerprint density at radius 2 is 1.91 bits per heavy atom. The molecule has 9 heteroatoms. The summed E-state index contributed by atoms with van der Waals surface area (Å²) in [5.74, 6) is -0.0809. The van der Waals surface area contributed by atoms with Crippen molar-refractivity contribution in [1.29, 1.82) is 0 Å². The number of hydrogen-bond donors (Lipinski definition) is 2. The van der Waals surface area contributed by atoms with Crippen LogP contribution in [0, 0.1) is 6.92 Å². The fourth-order valence-corrected chi connectivity index (χ4v) is 4.86. The Hall–Kier alpha value is -3.85. The van der Waals surface area contributed by atoms with Gasteiger partial charge in [0.25, 0.3) is 5.91 Å². The molecular formula is C26H31N7O2. The molecule has 1 aromatic carbocycles. The number of piperazine rings is 1. The van der Waals surface area contributed by atoms with E-state index < -0.39 is 0 Å². The zero-order valence-corrected chi connectivity index (χ0v) is 20.6. The van der Waals surface area contributed by atoms with Gasteiger partial charge >= 0.3 is 5.69 Å². The molecule has 2 N–H and O–H groups in total. The van der Waals surface area contributed by atoms with Gasteiger partial charge in [0.05, 0.1) is 22.4 Å². The molecule has 5 rings (SSSR count). The van der Waals surface area contributed by atoms with Crippen LogP contribution in [-0.4, -0.2) is 72.5 Å². The Kier molecular flexibility index (Phi) is 5.94. The smallest absolute Gasteiger partial charge is 0.330 e. The van der Waals surface area contributed by atoms with Gasteiger partial charge in [-0.25, -0.2) is 4.79 Å². The number of carbonyl (C=O) groups is 1. The maximum absolute atomic E-state index is 12.5. The number of nitrogens with zero attached hydrogens (tertiary/aromatic N) is 5. The molecule has 3 aromatic heterocycles. The van der Waals surface area contributed by atoms with Crippen LogP contribution >= 0.6 is 0 Å². The summed E-state index contributed by atoms with van der Waals surface area (Å²) in [5, 5.41) is 2.70. The lowest BCUT2D eigenvalue weighted by molar-refractivity contribution is 0.0963. The minimum atomic E-state index is -0.146. The quantitative estimate of drug-likeness (QED) is 0.462. The summed E-state index contributed by atoms with van der Waals surface area (Å²) in [4.78, 5) is 39.0. The standard InChI is InChI=1S/C26H31N7O2/c1-17-11-23-24-20(29-26(35)33(23)15-17)12-18(14-28-24)16-31-7-9-32(10-8-31)21-6-5-19(25(34)27-2)13-22(21)30(3)4/h5-6,11-15H,7-10,16H2,1-4H3,(H,27,34)(H,29,35). The lowest BCUT2D eigenvalue weighted by Gasteiger charge is -2.37. The summed E-state index contributed by atoms with van der Waals surface area (Å²) >= 11 is 0. The van der Waals surface area contributed by atoms with Crippen LogP contribution in [0.4, 0.5) is 11.4 Å². The van der Waals surface area contributed by atoms with Gasteiger partial charge in [-0.3, -0.25) is 19.1 Å². The SMILES string of the molecule is CNC(=O)c1ccc(N2CCN(Cc3cnc4c(c3)[nH]c(=O)n3cc(C)cc43)CC2)c(N(C)C)c1. The van der Waals surface area contributed by atoms with Crippen molar-refractivity contribution < 1.29 is 4.79 Å². The number of pyridine rings is 1. The van der Waals surface area contributed by atoms with Crippen molar-refractivity contribution in [2.45, 2.75) is 13.5 Å². The van der Waals surface area contributed by atoms with E-state index >= 15 is 0 Å². The Labute approximate surface area is 204 Å². The number of benzene rings is 1. The van der Waals surface area contributed by atoms with Crippen molar-refractivity contribution >= 4 is 33.8 Å². The number of carbonyl (C=O) groups excluding carboxylic acids is 1. The molecule has 0 atom stereocenters. The fraction of sp³-hybridized carbons (Fsp3) is 0.346. The van der Waals surface area contributed by atoms with Crippen LogP contribution in [0.1, 0.15) is 21.5 Å². The van der Waals surface area contributed by atoms with E-state index in [-0.39, 0.29) is 11.6 Å². The zero-order valence-electron chi connectivity index (χ0n) is 20.6. The van der Waals surface area contributed by atoms with Crippen LogP contribution < -0.4 is 20.8 Å². The Morgan fingerprint density at radius 1 is 1.14 bits per heavy atom. The molecule has 0 spiro atoms. The van der Waals surface area contributed by atoms with Gasteiger partial charge in [-0.2, -0.15) is 0 Å². The predicted octanol–water partition coefficient (Wildman–Crippen LogP) is 2.23. The van der Waals surface area contributed by atoms with Gasteiger partial charge in [0.2, 0.25) is 0 Å². The summed E-state index contributed by atoms with van der Waals surface area (Å²) in [6.45, 7) is 6.36. The van der Waals surface area contributed by atoms with E-state index in [4.69, 9.17) is 0 Å². The van der Waals surface area contributed by atoms with E-state index in [0.717, 1.165) is 71.8 Å². The third-order valence-electron chi connectivity index (χ3n) is 6.67. The molecular weight excluding hydrogens is 442 g/mol. The number of aromatic nitrogens is 3. The third-order valence-corrected chi connectivity index (χ3v) is 6.67. The number of fused-ring (bicyclic) bond motifs is 3. The molecule has 0 bridgehead atoms. The normalized spacial score (nSPS) is 14.6. The van der Waals surface area contributed by atoms with Crippen LogP contribution in [0.5, 0.6) is 0 Å². The zero-order chi connectivity index (χ0) is 24.7. The summed E-state index contributed by atoms with van der Waals surface area (Å²) in [6, 6.07) is 9.92. The summed E-state index contributed by atoms with van der Waals surface area (Å²) in [7, 11) is 5.65. The highest BCUT2D eigenvalue weighted by molar-refractivity contribution is 5.96. The van der Waals surface area contributed by atoms with Crippen molar-refractivity contribution in [3.8, 4) is 0 Å². The lowest BCUT2D eigenvalue weighted by Crippen LogP contribution is -2.46. The number of rotatable bonds is 5. The number of nitrogens with one attached hydrogen (secondary N) is 2. The van der Waals surface area contributed by atoms with Crippen LogP contribution in [-0.2, 0) is 6.54 Å². The second kappa shape index (κ2) is 9.07. The fourth-order valence-electron chi connectivity index (χ4n) is 4.86. The molecule has 35 heavy (non-hydrogen) atoms. The monoisotopic (exact) mass is 473 g/mol. The molecule has 1 aliphatic heterocycles. The molecule has 9 nitrogen and oxygen atoms in total. The minimum absolute atomic E-state index is 0.0809. The summed E-state index contributed by atoms with van der Waals surface area (Å²) in [5.41, 5.74) is 7.21. The summed E-state index contributed by atoms with van der Waals surface area (Å²) in [6.07, 6.45) is 3.74. The molecule has 1 saturated heterocycles. The highest BCUT2D eigenvalue weighted by atomic mass is 16.1. The molecule has 1 aliphatic rings. The average Bonchev–Trinajstić information content (AvgIpc) is 3.26. The summed E-state index contributed by atoms with van der Waals surface area (Å²) < 4.78 is 1.62. The van der Waals surface area contributed by atoms with Crippen molar-refractivity contribution in [2.75, 3.05) is 57.1 Å². The molecule has 0 aliphatic carbocycles. The van der Waals surface area contributed by atoms with Crippen molar-refractivity contribution in [1.82, 2.24) is 24.6 Å². The van der Waals surface area contributed by atoms with Crippen molar-refractivity contribution in [3.63, 3.8) is 0 Å². The number of anilines is 2. The molecule has 4 heterocycles. The Morgan fingerprint density at radius 3 is 2.63 bits per heavy atom. The number of aryl methyl sites for hydroxylation is 1. The number of amides is 1. The largest absolute Gasteiger partial charge is 0.376 e. The van der Waals surface area contributed by atoms with Gasteiger partial charge in [0.15, 0.2) is 0 Å². The Bertz CT molecular complexity index is 1460. The van der Waals surface area contributed by atoms with E-state index in [2.05, 4.69) is 30.0 Å². The lowest BCUT2D eigenvalue weighted by atomic mass is 10.1. The molecule has 0 radical (unpaired) electrons. The maximum atomic E-state index is 12.5. The molecule has 0 unspecified atom stereocenters. The van der Waals surface area contributed by atoms with Crippen LogP contribution in [0.25, 0.3) is 16.6 Å².